The number of hydrogen-bond donors (Lipinski definition) is 1. The van der Waals surface area contributed by atoms with E-state index in [2.05, 4.69) is 38.2 Å². The van der Waals surface area contributed by atoms with Gasteiger partial charge in [-0.2, -0.15) is 0 Å². The minimum absolute atomic E-state index is 0.0459. The molecular weight excluding hydrogens is 448 g/mol. The summed E-state index contributed by atoms with van der Waals surface area (Å²) < 4.78 is 5.80. The van der Waals surface area contributed by atoms with E-state index in [1.165, 1.54) is 77.0 Å². The van der Waals surface area contributed by atoms with Crippen molar-refractivity contribution in [3.05, 3.63) is 24.3 Å². The summed E-state index contributed by atoms with van der Waals surface area (Å²) in [6.45, 7) is 4.46. The number of carbonyl (C=O) groups is 2. The first-order valence-corrected chi connectivity index (χ1v) is 15.3. The van der Waals surface area contributed by atoms with E-state index in [1.54, 1.807) is 0 Å². The molecule has 1 unspecified atom stereocenters. The Bertz CT molecular complexity index is 552. The van der Waals surface area contributed by atoms with Crippen LogP contribution in [0.25, 0.3) is 0 Å². The average molecular weight is 507 g/mol. The molecule has 0 fully saturated rings. The van der Waals surface area contributed by atoms with E-state index in [0.717, 1.165) is 51.4 Å². The SMILES string of the molecule is CCCCC/C=C\C/C=C\CCCCCCCC(=O)OC(CCCCCCCC)CCCCC(=O)O. The van der Waals surface area contributed by atoms with Crippen LogP contribution in [-0.4, -0.2) is 23.1 Å². The van der Waals surface area contributed by atoms with E-state index >= 15 is 0 Å². The number of unbranched alkanes of at least 4 members (excludes halogenated alkanes) is 14. The molecule has 0 aromatic rings. The smallest absolute Gasteiger partial charge is 0.306 e. The molecule has 36 heavy (non-hydrogen) atoms. The van der Waals surface area contributed by atoms with Crippen LogP contribution in [0, 0.1) is 0 Å². The number of ether oxygens (including phenoxy) is 1. The molecule has 1 atom stereocenters. The lowest BCUT2D eigenvalue weighted by atomic mass is 10.0. The Hall–Kier alpha value is -1.58. The van der Waals surface area contributed by atoms with Crippen molar-refractivity contribution in [2.24, 2.45) is 0 Å². The van der Waals surface area contributed by atoms with Crippen molar-refractivity contribution in [2.45, 2.75) is 168 Å². The second-order valence-corrected chi connectivity index (χ2v) is 10.3. The highest BCUT2D eigenvalue weighted by molar-refractivity contribution is 5.69. The molecule has 0 saturated heterocycles. The van der Waals surface area contributed by atoms with E-state index < -0.39 is 5.97 Å². The summed E-state index contributed by atoms with van der Waals surface area (Å²) in [4.78, 5) is 23.1. The predicted molar refractivity (Wildman–Crippen MR) is 153 cm³/mol. The summed E-state index contributed by atoms with van der Waals surface area (Å²) in [5.41, 5.74) is 0. The van der Waals surface area contributed by atoms with Gasteiger partial charge in [0.05, 0.1) is 0 Å². The van der Waals surface area contributed by atoms with Gasteiger partial charge >= 0.3 is 11.9 Å². The van der Waals surface area contributed by atoms with Gasteiger partial charge in [-0.1, -0.05) is 102 Å². The number of rotatable bonds is 27. The minimum Gasteiger partial charge on any atom is -0.481 e. The van der Waals surface area contributed by atoms with Gasteiger partial charge in [0, 0.05) is 12.8 Å². The Morgan fingerprint density at radius 2 is 1.08 bits per heavy atom. The average Bonchev–Trinajstić information content (AvgIpc) is 2.86. The highest BCUT2D eigenvalue weighted by Crippen LogP contribution is 2.17. The molecule has 4 nitrogen and oxygen atoms in total. The Morgan fingerprint density at radius 3 is 1.72 bits per heavy atom. The van der Waals surface area contributed by atoms with Crippen molar-refractivity contribution in [3.8, 4) is 0 Å². The maximum atomic E-state index is 12.4. The van der Waals surface area contributed by atoms with Gasteiger partial charge < -0.3 is 9.84 Å². The lowest BCUT2D eigenvalue weighted by Gasteiger charge is -2.18. The van der Waals surface area contributed by atoms with E-state index in [4.69, 9.17) is 9.84 Å². The molecule has 0 aromatic carbocycles. The fourth-order valence-corrected chi connectivity index (χ4v) is 4.39. The van der Waals surface area contributed by atoms with Crippen molar-refractivity contribution >= 4 is 11.9 Å². The molecule has 0 rings (SSSR count). The molecule has 1 N–H and O–H groups in total. The molecule has 0 aliphatic rings. The zero-order valence-electron chi connectivity index (χ0n) is 23.8. The highest BCUT2D eigenvalue weighted by Gasteiger charge is 2.14. The number of esters is 1. The van der Waals surface area contributed by atoms with E-state index in [-0.39, 0.29) is 18.5 Å². The fourth-order valence-electron chi connectivity index (χ4n) is 4.39. The quantitative estimate of drug-likeness (QED) is 0.0683. The van der Waals surface area contributed by atoms with Gasteiger partial charge in [0.2, 0.25) is 0 Å². The molecular formula is C32H58O4. The second-order valence-electron chi connectivity index (χ2n) is 10.3. The van der Waals surface area contributed by atoms with Gasteiger partial charge in [0.1, 0.15) is 6.10 Å². The Balaban J connectivity index is 3.88. The van der Waals surface area contributed by atoms with Crippen LogP contribution in [0.4, 0.5) is 0 Å². The van der Waals surface area contributed by atoms with E-state index in [9.17, 15) is 9.59 Å². The summed E-state index contributed by atoms with van der Waals surface area (Å²) in [6.07, 6.45) is 33.3. The molecule has 0 spiro atoms. The maximum absolute atomic E-state index is 12.4. The lowest BCUT2D eigenvalue weighted by Crippen LogP contribution is -2.18. The molecule has 0 radical (unpaired) electrons. The number of carboxylic acid groups (broad SMARTS) is 1. The monoisotopic (exact) mass is 506 g/mol. The first-order valence-electron chi connectivity index (χ1n) is 15.3. The van der Waals surface area contributed by atoms with Crippen molar-refractivity contribution in [1.29, 1.82) is 0 Å². The van der Waals surface area contributed by atoms with Gasteiger partial charge in [-0.05, 0) is 70.6 Å². The molecule has 0 bridgehead atoms. The highest BCUT2D eigenvalue weighted by atomic mass is 16.5. The van der Waals surface area contributed by atoms with Crippen molar-refractivity contribution in [2.75, 3.05) is 0 Å². The zero-order chi connectivity index (χ0) is 26.5. The van der Waals surface area contributed by atoms with Crippen LogP contribution in [0.15, 0.2) is 24.3 Å². The summed E-state index contributed by atoms with van der Waals surface area (Å²) in [7, 11) is 0. The number of carbonyl (C=O) groups excluding carboxylic acids is 1. The topological polar surface area (TPSA) is 63.6 Å². The third-order valence-electron chi connectivity index (χ3n) is 6.68. The molecule has 4 heteroatoms. The molecule has 0 amide bonds. The van der Waals surface area contributed by atoms with Crippen molar-refractivity contribution in [3.63, 3.8) is 0 Å². The Morgan fingerprint density at radius 1 is 0.611 bits per heavy atom. The second kappa shape index (κ2) is 28.0. The van der Waals surface area contributed by atoms with Crippen LogP contribution in [-0.2, 0) is 14.3 Å². The summed E-state index contributed by atoms with van der Waals surface area (Å²) in [6, 6.07) is 0. The first-order chi connectivity index (χ1) is 17.6. The summed E-state index contributed by atoms with van der Waals surface area (Å²) >= 11 is 0. The number of hydrogen-bond acceptors (Lipinski definition) is 3. The van der Waals surface area contributed by atoms with Gasteiger partial charge in [-0.15, -0.1) is 0 Å². The van der Waals surface area contributed by atoms with E-state index in [0.29, 0.717) is 12.8 Å². The molecule has 0 aromatic heterocycles. The van der Waals surface area contributed by atoms with Gasteiger partial charge in [-0.25, -0.2) is 0 Å². The standard InChI is InChI=1S/C32H58O4/c1-3-5-7-9-11-12-13-14-15-16-17-18-19-21-23-29-32(35)36-30(27-24-25-28-31(33)34)26-22-20-10-8-6-4-2/h11-12,14-15,30H,3-10,13,16-29H2,1-2H3,(H,33,34)/b12-11-,15-14-. The minimum atomic E-state index is -0.749. The lowest BCUT2D eigenvalue weighted by molar-refractivity contribution is -0.150. The molecule has 0 saturated carbocycles. The van der Waals surface area contributed by atoms with Gasteiger partial charge in [-0.3, -0.25) is 9.59 Å². The van der Waals surface area contributed by atoms with Gasteiger partial charge in [0.15, 0.2) is 0 Å². The number of carboxylic acids is 1. The van der Waals surface area contributed by atoms with Gasteiger partial charge in [0.25, 0.3) is 0 Å². The van der Waals surface area contributed by atoms with Crippen LogP contribution >= 0.6 is 0 Å². The maximum Gasteiger partial charge on any atom is 0.306 e. The van der Waals surface area contributed by atoms with Crippen LogP contribution < -0.4 is 0 Å². The fraction of sp³-hybridized carbons (Fsp3) is 0.812. The van der Waals surface area contributed by atoms with Crippen LogP contribution in [0.1, 0.15) is 162 Å². The largest absolute Gasteiger partial charge is 0.481 e. The van der Waals surface area contributed by atoms with Crippen LogP contribution in [0.3, 0.4) is 0 Å². The molecule has 0 aliphatic heterocycles. The predicted octanol–water partition coefficient (Wildman–Crippen LogP) is 10.1. The molecule has 0 heterocycles. The third-order valence-corrected chi connectivity index (χ3v) is 6.68. The Kier molecular flexibility index (Phi) is 26.8. The molecule has 210 valence electrons. The van der Waals surface area contributed by atoms with Crippen LogP contribution in [0.2, 0.25) is 0 Å². The normalized spacial score (nSPS) is 12.5. The van der Waals surface area contributed by atoms with E-state index in [1.807, 2.05) is 0 Å². The third kappa shape index (κ3) is 27.0. The molecule has 0 aliphatic carbocycles. The summed E-state index contributed by atoms with van der Waals surface area (Å²) in [5, 5.41) is 8.84. The zero-order valence-corrected chi connectivity index (χ0v) is 23.8. The van der Waals surface area contributed by atoms with Crippen LogP contribution in [0.5, 0.6) is 0 Å². The summed E-state index contributed by atoms with van der Waals surface area (Å²) in [5.74, 6) is -0.823. The Labute approximate surface area is 223 Å². The van der Waals surface area contributed by atoms with Crippen molar-refractivity contribution in [1.82, 2.24) is 0 Å². The van der Waals surface area contributed by atoms with Crippen molar-refractivity contribution < 1.29 is 19.4 Å². The first kappa shape index (κ1) is 34.4. The number of allylic oxidation sites excluding steroid dienone is 4. The number of aliphatic carboxylic acids is 1.